The molecule has 0 spiro atoms. The summed E-state index contributed by atoms with van der Waals surface area (Å²) in [7, 11) is 0. The van der Waals surface area contributed by atoms with Crippen LogP contribution in [0.4, 0.5) is 5.69 Å². The molecule has 186 valence electrons. The third-order valence-electron chi connectivity index (χ3n) is 6.26. The number of benzene rings is 3. The maximum atomic E-state index is 14.1. The van der Waals surface area contributed by atoms with E-state index in [1.807, 2.05) is 86.6 Å². The Morgan fingerprint density at radius 2 is 1.78 bits per heavy atom. The average Bonchev–Trinajstić information content (AvgIpc) is 3.57. The van der Waals surface area contributed by atoms with Gasteiger partial charge >= 0.3 is 0 Å². The number of fused-ring (bicyclic) bond motifs is 1. The highest BCUT2D eigenvalue weighted by Gasteiger charge is 2.34. The predicted octanol–water partition coefficient (Wildman–Crippen LogP) is 4.73. The van der Waals surface area contributed by atoms with Crippen LogP contribution >= 0.6 is 0 Å². The minimum absolute atomic E-state index is 0.0811. The van der Waals surface area contributed by atoms with Crippen LogP contribution < -0.4 is 10.2 Å². The van der Waals surface area contributed by atoms with Crippen LogP contribution in [0, 0.1) is 13.8 Å². The van der Waals surface area contributed by atoms with Crippen molar-refractivity contribution >= 4 is 28.5 Å². The molecule has 5 aromatic rings. The topological polar surface area (TPSA) is 93.3 Å². The second kappa shape index (κ2) is 10.5. The molecule has 2 aromatic heterocycles. The van der Waals surface area contributed by atoms with Gasteiger partial charge in [-0.15, -0.1) is 5.10 Å². The number of hydrogen-bond donors (Lipinski definition) is 1. The number of carbonyl (C=O) groups is 2. The standard InChI is InChI=1S/C29H27N5O3/c1-20-9-7-11-22(17-20)34(27(35)19-33-26-15-6-5-14-25(26)31-32-33)28(24-13-4-3-10-21(24)2)29(36)30-18-23-12-8-16-37-23/h3-17,28H,18-19H2,1-2H3,(H,30,36). The Morgan fingerprint density at radius 3 is 2.57 bits per heavy atom. The van der Waals surface area contributed by atoms with Crippen molar-refractivity contribution in [2.45, 2.75) is 33.0 Å². The first-order chi connectivity index (χ1) is 18.0. The molecule has 8 nitrogen and oxygen atoms in total. The summed E-state index contributed by atoms with van der Waals surface area (Å²) in [5.74, 6) is 0.0195. The van der Waals surface area contributed by atoms with Crippen molar-refractivity contribution < 1.29 is 14.0 Å². The summed E-state index contributed by atoms with van der Waals surface area (Å²) < 4.78 is 6.96. The molecule has 1 N–H and O–H groups in total. The molecule has 0 saturated heterocycles. The van der Waals surface area contributed by atoms with Crippen LogP contribution in [0.3, 0.4) is 0 Å². The van der Waals surface area contributed by atoms with E-state index in [1.54, 1.807) is 28.0 Å². The maximum Gasteiger partial charge on any atom is 0.249 e. The lowest BCUT2D eigenvalue weighted by molar-refractivity contribution is -0.127. The molecule has 0 radical (unpaired) electrons. The number of anilines is 1. The lowest BCUT2D eigenvalue weighted by Crippen LogP contribution is -2.45. The van der Waals surface area contributed by atoms with Crippen molar-refractivity contribution in [1.29, 1.82) is 0 Å². The lowest BCUT2D eigenvalue weighted by atomic mass is 9.98. The van der Waals surface area contributed by atoms with Gasteiger partial charge in [0.25, 0.3) is 0 Å². The number of para-hydroxylation sites is 1. The fourth-order valence-corrected chi connectivity index (χ4v) is 4.43. The third kappa shape index (κ3) is 5.13. The Kier molecular flexibility index (Phi) is 6.81. The van der Waals surface area contributed by atoms with Gasteiger partial charge in [-0.2, -0.15) is 0 Å². The Bertz CT molecular complexity index is 1540. The van der Waals surface area contributed by atoms with Gasteiger partial charge in [0.05, 0.1) is 18.3 Å². The molecule has 37 heavy (non-hydrogen) atoms. The first-order valence-corrected chi connectivity index (χ1v) is 12.0. The van der Waals surface area contributed by atoms with Crippen LogP contribution in [-0.2, 0) is 22.7 Å². The zero-order valence-electron chi connectivity index (χ0n) is 20.7. The molecule has 0 aliphatic heterocycles. The van der Waals surface area contributed by atoms with Gasteiger partial charge in [-0.25, -0.2) is 4.68 Å². The minimum Gasteiger partial charge on any atom is -0.467 e. The van der Waals surface area contributed by atoms with E-state index in [1.165, 1.54) is 0 Å². The highest BCUT2D eigenvalue weighted by atomic mass is 16.3. The summed E-state index contributed by atoms with van der Waals surface area (Å²) in [6, 6.07) is 25.3. The molecule has 0 fully saturated rings. The SMILES string of the molecule is Cc1cccc(N(C(=O)Cn2nnc3ccccc32)C(C(=O)NCc2ccco2)c2ccccc2C)c1. The Balaban J connectivity index is 1.57. The van der Waals surface area contributed by atoms with Crippen LogP contribution in [0.1, 0.15) is 28.5 Å². The molecule has 1 unspecified atom stereocenters. The normalized spacial score (nSPS) is 11.8. The van der Waals surface area contributed by atoms with Crippen molar-refractivity contribution in [3.05, 3.63) is 114 Å². The van der Waals surface area contributed by atoms with E-state index in [-0.39, 0.29) is 24.9 Å². The average molecular weight is 494 g/mol. The first kappa shape index (κ1) is 24.0. The molecule has 1 atom stereocenters. The molecule has 5 rings (SSSR count). The van der Waals surface area contributed by atoms with Crippen LogP contribution in [0.25, 0.3) is 11.0 Å². The lowest BCUT2D eigenvalue weighted by Gasteiger charge is -2.32. The molecule has 0 aliphatic rings. The van der Waals surface area contributed by atoms with Gasteiger partial charge < -0.3 is 9.73 Å². The Labute approximate surface area is 214 Å². The number of aryl methyl sites for hydroxylation is 2. The van der Waals surface area contributed by atoms with E-state index in [0.717, 1.165) is 22.2 Å². The number of carbonyl (C=O) groups excluding carboxylic acids is 2. The number of furan rings is 1. The van der Waals surface area contributed by atoms with Gasteiger partial charge in [-0.3, -0.25) is 14.5 Å². The summed E-state index contributed by atoms with van der Waals surface area (Å²) >= 11 is 0. The zero-order chi connectivity index (χ0) is 25.8. The monoisotopic (exact) mass is 493 g/mol. The number of amides is 2. The quantitative estimate of drug-likeness (QED) is 0.337. The van der Waals surface area contributed by atoms with E-state index in [4.69, 9.17) is 4.42 Å². The van der Waals surface area contributed by atoms with E-state index in [9.17, 15) is 9.59 Å². The second-order valence-corrected chi connectivity index (χ2v) is 8.89. The molecular formula is C29H27N5O3. The number of nitrogens with zero attached hydrogens (tertiary/aromatic N) is 4. The van der Waals surface area contributed by atoms with Crippen LogP contribution in [-0.4, -0.2) is 26.8 Å². The smallest absolute Gasteiger partial charge is 0.249 e. The maximum absolute atomic E-state index is 14.1. The van der Waals surface area contributed by atoms with E-state index >= 15 is 0 Å². The number of rotatable bonds is 8. The number of aromatic nitrogens is 3. The third-order valence-corrected chi connectivity index (χ3v) is 6.26. The summed E-state index contributed by atoms with van der Waals surface area (Å²) in [5, 5.41) is 11.3. The van der Waals surface area contributed by atoms with Gasteiger partial charge in [0.1, 0.15) is 23.9 Å². The van der Waals surface area contributed by atoms with Crippen molar-refractivity contribution in [3.63, 3.8) is 0 Å². The highest BCUT2D eigenvalue weighted by Crippen LogP contribution is 2.31. The van der Waals surface area contributed by atoms with Gasteiger partial charge in [0.15, 0.2) is 0 Å². The van der Waals surface area contributed by atoms with E-state index < -0.39 is 6.04 Å². The van der Waals surface area contributed by atoms with Crippen LogP contribution in [0.5, 0.6) is 0 Å². The van der Waals surface area contributed by atoms with Gasteiger partial charge in [-0.05, 0) is 66.9 Å². The Morgan fingerprint density at radius 1 is 0.973 bits per heavy atom. The summed E-state index contributed by atoms with van der Waals surface area (Å²) in [6.45, 7) is 4.02. The fraction of sp³-hybridized carbons (Fsp3) is 0.172. The van der Waals surface area contributed by atoms with Gasteiger partial charge in [-0.1, -0.05) is 53.7 Å². The molecular weight excluding hydrogens is 466 g/mol. The zero-order valence-corrected chi connectivity index (χ0v) is 20.7. The molecule has 0 bridgehead atoms. The van der Waals surface area contributed by atoms with Crippen molar-refractivity contribution in [2.24, 2.45) is 0 Å². The fourth-order valence-electron chi connectivity index (χ4n) is 4.43. The first-order valence-electron chi connectivity index (χ1n) is 12.0. The summed E-state index contributed by atoms with van der Waals surface area (Å²) in [4.78, 5) is 29.5. The molecule has 8 heteroatoms. The molecule has 3 aromatic carbocycles. The summed E-state index contributed by atoms with van der Waals surface area (Å²) in [5.41, 5.74) is 4.67. The number of hydrogen-bond acceptors (Lipinski definition) is 5. The predicted molar refractivity (Wildman–Crippen MR) is 141 cm³/mol. The van der Waals surface area contributed by atoms with Crippen LogP contribution in [0.15, 0.2) is 95.6 Å². The second-order valence-electron chi connectivity index (χ2n) is 8.89. The molecule has 2 amide bonds. The Hall–Kier alpha value is -4.72. The minimum atomic E-state index is -0.916. The molecule has 0 saturated carbocycles. The molecule has 0 aliphatic carbocycles. The molecule has 2 heterocycles. The van der Waals surface area contributed by atoms with Gasteiger partial charge in [0, 0.05) is 5.69 Å². The summed E-state index contributed by atoms with van der Waals surface area (Å²) in [6.07, 6.45) is 1.56. The van der Waals surface area contributed by atoms with Crippen molar-refractivity contribution in [1.82, 2.24) is 20.3 Å². The van der Waals surface area contributed by atoms with E-state index in [2.05, 4.69) is 15.6 Å². The largest absolute Gasteiger partial charge is 0.467 e. The van der Waals surface area contributed by atoms with Crippen LogP contribution in [0.2, 0.25) is 0 Å². The van der Waals surface area contributed by atoms with E-state index in [0.29, 0.717) is 17.0 Å². The number of nitrogens with one attached hydrogen (secondary N) is 1. The highest BCUT2D eigenvalue weighted by molar-refractivity contribution is 6.01. The van der Waals surface area contributed by atoms with Crippen molar-refractivity contribution in [2.75, 3.05) is 4.90 Å². The van der Waals surface area contributed by atoms with Gasteiger partial charge in [0.2, 0.25) is 11.8 Å². The van der Waals surface area contributed by atoms with Crippen molar-refractivity contribution in [3.8, 4) is 0 Å².